The molecule has 0 unspecified atom stereocenters. The van der Waals surface area contributed by atoms with E-state index in [-0.39, 0.29) is 21.7 Å². The normalized spacial score (nSPS) is 10.4. The minimum atomic E-state index is -0.376. The molecule has 0 atom stereocenters. The van der Waals surface area contributed by atoms with Gasteiger partial charge in [-0.15, -0.1) is 0 Å². The lowest BCUT2D eigenvalue weighted by atomic mass is 10.2. The van der Waals surface area contributed by atoms with Crippen molar-refractivity contribution < 1.29 is 4.39 Å². The quantitative estimate of drug-likeness (QED) is 0.829. The number of nitrogen functional groups attached to an aromatic ring is 1. The zero-order chi connectivity index (χ0) is 13.3. The van der Waals surface area contributed by atoms with E-state index in [1.54, 1.807) is 13.0 Å². The molecule has 94 valence electrons. The van der Waals surface area contributed by atoms with Gasteiger partial charge in [-0.1, -0.05) is 23.2 Å². The van der Waals surface area contributed by atoms with Gasteiger partial charge in [-0.2, -0.15) is 0 Å². The highest BCUT2D eigenvalue weighted by molar-refractivity contribution is 6.33. The van der Waals surface area contributed by atoms with Gasteiger partial charge in [0.05, 0.1) is 10.7 Å². The van der Waals surface area contributed by atoms with Crippen molar-refractivity contribution in [1.29, 1.82) is 0 Å². The van der Waals surface area contributed by atoms with Gasteiger partial charge < -0.3 is 11.1 Å². The van der Waals surface area contributed by atoms with Crippen molar-refractivity contribution in [2.45, 2.75) is 6.92 Å². The van der Waals surface area contributed by atoms with E-state index in [1.807, 2.05) is 0 Å². The third kappa shape index (κ3) is 2.47. The van der Waals surface area contributed by atoms with E-state index in [2.05, 4.69) is 15.3 Å². The van der Waals surface area contributed by atoms with E-state index in [0.29, 0.717) is 17.1 Å². The van der Waals surface area contributed by atoms with Crippen LogP contribution in [0, 0.1) is 12.7 Å². The molecule has 0 bridgehead atoms. The number of aromatic nitrogens is 2. The average molecular weight is 287 g/mol. The van der Waals surface area contributed by atoms with E-state index >= 15 is 0 Å². The molecule has 0 radical (unpaired) electrons. The number of nitrogens with two attached hydrogens (primary N) is 1. The smallest absolute Gasteiger partial charge is 0.158 e. The molecule has 18 heavy (non-hydrogen) atoms. The third-order valence-electron chi connectivity index (χ3n) is 2.34. The summed E-state index contributed by atoms with van der Waals surface area (Å²) in [6, 6.07) is 2.78. The molecule has 2 aromatic rings. The van der Waals surface area contributed by atoms with Gasteiger partial charge in [0.25, 0.3) is 0 Å². The molecule has 3 N–H and O–H groups in total. The van der Waals surface area contributed by atoms with E-state index in [4.69, 9.17) is 28.9 Å². The number of hydrogen-bond acceptors (Lipinski definition) is 4. The van der Waals surface area contributed by atoms with Crippen LogP contribution in [0.15, 0.2) is 18.5 Å². The van der Waals surface area contributed by atoms with Crippen LogP contribution in [0.25, 0.3) is 0 Å². The Morgan fingerprint density at radius 2 is 2.00 bits per heavy atom. The summed E-state index contributed by atoms with van der Waals surface area (Å²) >= 11 is 11.7. The number of aryl methyl sites for hydroxylation is 1. The molecule has 2 rings (SSSR count). The SMILES string of the molecule is Cc1cc(Nc2ncnc(Cl)c2N)c(Cl)cc1F. The minimum absolute atomic E-state index is 0.141. The summed E-state index contributed by atoms with van der Waals surface area (Å²) in [4.78, 5) is 7.67. The Hall–Kier alpha value is -1.59. The molecule has 0 fully saturated rings. The van der Waals surface area contributed by atoms with E-state index in [0.717, 1.165) is 0 Å². The summed E-state index contributed by atoms with van der Waals surface area (Å²) in [6.07, 6.45) is 1.27. The molecule has 4 nitrogen and oxygen atoms in total. The number of rotatable bonds is 2. The first kappa shape index (κ1) is 12.9. The van der Waals surface area contributed by atoms with Crippen molar-refractivity contribution in [3.63, 3.8) is 0 Å². The molecule has 0 saturated carbocycles. The summed E-state index contributed by atoms with van der Waals surface area (Å²) in [5.41, 5.74) is 6.87. The molecule has 0 amide bonds. The van der Waals surface area contributed by atoms with Gasteiger partial charge in [-0.05, 0) is 24.6 Å². The number of nitrogens with one attached hydrogen (secondary N) is 1. The molecule has 0 aliphatic rings. The van der Waals surface area contributed by atoms with Crippen LogP contribution in [0.3, 0.4) is 0 Å². The van der Waals surface area contributed by atoms with Gasteiger partial charge in [0.2, 0.25) is 0 Å². The van der Waals surface area contributed by atoms with Gasteiger partial charge >= 0.3 is 0 Å². The Bertz CT molecular complexity index is 604. The summed E-state index contributed by atoms with van der Waals surface area (Å²) in [7, 11) is 0. The Morgan fingerprint density at radius 3 is 2.72 bits per heavy atom. The maximum Gasteiger partial charge on any atom is 0.158 e. The van der Waals surface area contributed by atoms with Crippen LogP contribution in [-0.4, -0.2) is 9.97 Å². The van der Waals surface area contributed by atoms with Crippen molar-refractivity contribution in [3.8, 4) is 0 Å². The zero-order valence-corrected chi connectivity index (χ0v) is 10.8. The Balaban J connectivity index is 2.40. The van der Waals surface area contributed by atoms with E-state index in [9.17, 15) is 4.39 Å². The van der Waals surface area contributed by atoms with E-state index < -0.39 is 0 Å². The van der Waals surface area contributed by atoms with Gasteiger partial charge in [-0.3, -0.25) is 0 Å². The summed E-state index contributed by atoms with van der Waals surface area (Å²) in [6.45, 7) is 1.63. The van der Waals surface area contributed by atoms with Gasteiger partial charge in [0.1, 0.15) is 17.8 Å². The maximum absolute atomic E-state index is 13.3. The van der Waals surface area contributed by atoms with Crippen molar-refractivity contribution in [2.75, 3.05) is 11.1 Å². The fourth-order valence-electron chi connectivity index (χ4n) is 1.35. The van der Waals surface area contributed by atoms with Crippen LogP contribution in [0.2, 0.25) is 10.2 Å². The molecule has 0 aliphatic heterocycles. The predicted octanol–water partition coefficient (Wildman–Crippen LogP) is 3.56. The van der Waals surface area contributed by atoms with Gasteiger partial charge in [0, 0.05) is 0 Å². The summed E-state index contributed by atoms with van der Waals surface area (Å²) in [5, 5.41) is 3.26. The van der Waals surface area contributed by atoms with Gasteiger partial charge in [0.15, 0.2) is 11.0 Å². The van der Waals surface area contributed by atoms with Crippen molar-refractivity contribution in [3.05, 3.63) is 40.0 Å². The highest BCUT2D eigenvalue weighted by Gasteiger charge is 2.10. The molecule has 7 heteroatoms. The molecular weight excluding hydrogens is 278 g/mol. The predicted molar refractivity (Wildman–Crippen MR) is 70.9 cm³/mol. The molecule has 1 aromatic heterocycles. The first-order valence-corrected chi connectivity index (χ1v) is 5.73. The average Bonchev–Trinajstić information content (AvgIpc) is 2.32. The number of hydrogen-bond donors (Lipinski definition) is 2. The second-order valence-corrected chi connectivity index (χ2v) is 4.40. The highest BCUT2D eigenvalue weighted by Crippen LogP contribution is 2.30. The topological polar surface area (TPSA) is 63.8 Å². The number of nitrogens with zero attached hydrogens (tertiary/aromatic N) is 2. The molecule has 0 spiro atoms. The first-order valence-electron chi connectivity index (χ1n) is 4.97. The Labute approximate surface area is 113 Å². The lowest BCUT2D eigenvalue weighted by molar-refractivity contribution is 0.619. The minimum Gasteiger partial charge on any atom is -0.393 e. The Morgan fingerprint density at radius 1 is 1.28 bits per heavy atom. The Kier molecular flexibility index (Phi) is 3.54. The molecule has 1 heterocycles. The summed E-state index contributed by atoms with van der Waals surface area (Å²) in [5.74, 6) is -0.0536. The van der Waals surface area contributed by atoms with Gasteiger partial charge in [-0.25, -0.2) is 14.4 Å². The van der Waals surface area contributed by atoms with Crippen LogP contribution in [0.4, 0.5) is 21.6 Å². The maximum atomic E-state index is 13.3. The third-order valence-corrected chi connectivity index (χ3v) is 2.95. The second-order valence-electron chi connectivity index (χ2n) is 3.63. The molecular formula is C11H9Cl2FN4. The molecule has 1 aromatic carbocycles. The van der Waals surface area contributed by atoms with Crippen LogP contribution in [0.5, 0.6) is 0 Å². The number of halogens is 3. The van der Waals surface area contributed by atoms with E-state index in [1.165, 1.54) is 12.4 Å². The second kappa shape index (κ2) is 4.96. The molecule has 0 saturated heterocycles. The summed E-state index contributed by atoms with van der Waals surface area (Å²) < 4.78 is 13.3. The van der Waals surface area contributed by atoms with Crippen LogP contribution in [-0.2, 0) is 0 Å². The van der Waals surface area contributed by atoms with Crippen LogP contribution in [0.1, 0.15) is 5.56 Å². The number of anilines is 3. The molecule has 0 aliphatic carbocycles. The van der Waals surface area contributed by atoms with Crippen molar-refractivity contribution in [2.24, 2.45) is 0 Å². The first-order chi connectivity index (χ1) is 8.49. The monoisotopic (exact) mass is 286 g/mol. The van der Waals surface area contributed by atoms with Crippen LogP contribution >= 0.6 is 23.2 Å². The van der Waals surface area contributed by atoms with Crippen LogP contribution < -0.4 is 11.1 Å². The van der Waals surface area contributed by atoms with Crippen molar-refractivity contribution in [1.82, 2.24) is 9.97 Å². The highest BCUT2D eigenvalue weighted by atomic mass is 35.5. The number of benzene rings is 1. The lowest BCUT2D eigenvalue weighted by Gasteiger charge is -2.11. The largest absolute Gasteiger partial charge is 0.393 e. The fraction of sp³-hybridized carbons (Fsp3) is 0.0909. The lowest BCUT2D eigenvalue weighted by Crippen LogP contribution is -2.02. The fourth-order valence-corrected chi connectivity index (χ4v) is 1.69. The van der Waals surface area contributed by atoms with Crippen molar-refractivity contribution >= 4 is 40.4 Å². The standard InChI is InChI=1S/C11H9Cl2FN4/c1-5-2-8(6(12)3-7(5)14)18-11-9(15)10(13)16-4-17-11/h2-4H,15H2,1H3,(H,16,17,18). The zero-order valence-electron chi connectivity index (χ0n) is 9.34.